The lowest BCUT2D eigenvalue weighted by Crippen LogP contribution is -2.33. The van der Waals surface area contributed by atoms with Gasteiger partial charge < -0.3 is 14.9 Å². The summed E-state index contributed by atoms with van der Waals surface area (Å²) in [5.74, 6) is 0. The molecule has 0 bridgehead atoms. The van der Waals surface area contributed by atoms with Crippen molar-refractivity contribution in [2.75, 3.05) is 39.5 Å². The Morgan fingerprint density at radius 3 is 2.52 bits per heavy atom. The predicted molar refractivity (Wildman–Crippen MR) is 98.2 cm³/mol. The van der Waals surface area contributed by atoms with E-state index in [1.54, 1.807) is 0 Å². The van der Waals surface area contributed by atoms with Crippen molar-refractivity contribution < 1.29 is 9.90 Å². The van der Waals surface area contributed by atoms with Crippen molar-refractivity contribution in [1.82, 2.24) is 9.80 Å². The summed E-state index contributed by atoms with van der Waals surface area (Å²) in [4.78, 5) is 14.8. The first-order valence-corrected chi connectivity index (χ1v) is 9.53. The summed E-state index contributed by atoms with van der Waals surface area (Å²) in [6.45, 7) is 5.80. The quantitative estimate of drug-likeness (QED) is 0.636. The van der Waals surface area contributed by atoms with Crippen LogP contribution in [0, 0.1) is 0 Å². The summed E-state index contributed by atoms with van der Waals surface area (Å²) in [7, 11) is 2.24. The number of likely N-dealkylation sites (tertiary alicyclic amines) is 1. The molecule has 0 aliphatic carbocycles. The molecular formula is C18H30N2O2S. The third-order valence-corrected chi connectivity index (χ3v) is 4.81. The minimum atomic E-state index is -0.250. The van der Waals surface area contributed by atoms with Gasteiger partial charge in [-0.15, -0.1) is 11.8 Å². The Morgan fingerprint density at radius 1 is 1.26 bits per heavy atom. The van der Waals surface area contributed by atoms with Gasteiger partial charge in [-0.3, -0.25) is 4.79 Å². The molecule has 0 radical (unpaired) electrons. The van der Waals surface area contributed by atoms with Crippen molar-refractivity contribution in [3.63, 3.8) is 0 Å². The Kier molecular flexibility index (Phi) is 10.8. The molecule has 2 rings (SSSR count). The van der Waals surface area contributed by atoms with Crippen LogP contribution in [0.5, 0.6) is 0 Å². The highest BCUT2D eigenvalue weighted by Crippen LogP contribution is 2.16. The van der Waals surface area contributed by atoms with Crippen molar-refractivity contribution in [1.29, 1.82) is 0 Å². The maximum Gasteiger partial charge on any atom is 0.290 e. The van der Waals surface area contributed by atoms with Crippen LogP contribution >= 0.6 is 11.8 Å². The van der Waals surface area contributed by atoms with Crippen LogP contribution in [0.15, 0.2) is 29.2 Å². The van der Waals surface area contributed by atoms with Gasteiger partial charge in [-0.1, -0.05) is 25.0 Å². The van der Waals surface area contributed by atoms with E-state index < -0.39 is 0 Å². The topological polar surface area (TPSA) is 43.8 Å². The number of thioether (sulfide) groups is 1. The zero-order chi connectivity index (χ0) is 16.9. The molecule has 1 aromatic carbocycles. The molecule has 5 heteroatoms. The average molecular weight is 339 g/mol. The van der Waals surface area contributed by atoms with Crippen LogP contribution in [-0.4, -0.2) is 60.9 Å². The van der Waals surface area contributed by atoms with Crippen molar-refractivity contribution >= 4 is 18.2 Å². The summed E-state index contributed by atoms with van der Waals surface area (Å²) >= 11 is 1.82. The van der Waals surface area contributed by atoms with E-state index in [1.807, 2.05) is 11.8 Å². The normalized spacial score (nSPS) is 15.6. The molecule has 1 heterocycles. The van der Waals surface area contributed by atoms with E-state index in [9.17, 15) is 0 Å². The Bertz CT molecular complexity index is 435. The number of carboxylic acid groups (broad SMARTS) is 1. The standard InChI is InChI=1S/C17H28N2S.CH2O2/c1-18(12-13-19-10-5-3-4-6-11-19)15-16-8-7-9-17(14-16)20-2;2-1-3/h7-9,14H,3-6,10-13,15H2,1-2H3;1H,(H,2,3). The van der Waals surface area contributed by atoms with E-state index in [4.69, 9.17) is 9.90 Å². The molecule has 1 saturated heterocycles. The largest absolute Gasteiger partial charge is 0.483 e. The second-order valence-electron chi connectivity index (χ2n) is 5.95. The van der Waals surface area contributed by atoms with Gasteiger partial charge in [0.1, 0.15) is 0 Å². The molecule has 23 heavy (non-hydrogen) atoms. The van der Waals surface area contributed by atoms with E-state index >= 15 is 0 Å². The highest BCUT2D eigenvalue weighted by Gasteiger charge is 2.09. The number of hydrogen-bond donors (Lipinski definition) is 1. The molecule has 4 nitrogen and oxygen atoms in total. The third-order valence-electron chi connectivity index (χ3n) is 4.08. The maximum absolute atomic E-state index is 8.36. The van der Waals surface area contributed by atoms with Crippen molar-refractivity contribution in [2.24, 2.45) is 0 Å². The summed E-state index contributed by atoms with van der Waals surface area (Å²) in [6, 6.07) is 8.91. The Morgan fingerprint density at radius 2 is 1.91 bits per heavy atom. The minimum Gasteiger partial charge on any atom is -0.483 e. The van der Waals surface area contributed by atoms with Gasteiger partial charge in [0, 0.05) is 24.5 Å². The Labute approximate surface area is 144 Å². The molecule has 0 saturated carbocycles. The number of nitrogens with zero attached hydrogens (tertiary/aromatic N) is 2. The average Bonchev–Trinajstić information content (AvgIpc) is 2.82. The van der Waals surface area contributed by atoms with Crippen LogP contribution in [0.1, 0.15) is 31.2 Å². The first-order chi connectivity index (χ1) is 11.2. The first-order valence-electron chi connectivity index (χ1n) is 8.31. The molecule has 0 amide bonds. The molecule has 1 aliphatic heterocycles. The Balaban J connectivity index is 0.000000816. The summed E-state index contributed by atoms with van der Waals surface area (Å²) < 4.78 is 0. The molecule has 0 spiro atoms. The van der Waals surface area contributed by atoms with Crippen LogP contribution in [-0.2, 0) is 11.3 Å². The SMILES string of the molecule is CSc1cccc(CN(C)CCN2CCCCCC2)c1.O=CO. The fourth-order valence-electron chi connectivity index (χ4n) is 2.83. The van der Waals surface area contributed by atoms with Crippen LogP contribution in [0.2, 0.25) is 0 Å². The van der Waals surface area contributed by atoms with E-state index in [1.165, 1.54) is 62.3 Å². The summed E-state index contributed by atoms with van der Waals surface area (Å²) in [5.41, 5.74) is 1.43. The van der Waals surface area contributed by atoms with Crippen molar-refractivity contribution in [3.8, 4) is 0 Å². The predicted octanol–water partition coefficient (Wildman–Crippen LogP) is 3.42. The van der Waals surface area contributed by atoms with Crippen LogP contribution in [0.25, 0.3) is 0 Å². The van der Waals surface area contributed by atoms with E-state index in [2.05, 4.69) is 47.4 Å². The molecule has 1 fully saturated rings. The fraction of sp³-hybridized carbons (Fsp3) is 0.611. The second kappa shape index (κ2) is 12.4. The zero-order valence-electron chi connectivity index (χ0n) is 14.4. The molecule has 0 unspecified atom stereocenters. The van der Waals surface area contributed by atoms with Gasteiger partial charge in [0.25, 0.3) is 6.47 Å². The highest BCUT2D eigenvalue weighted by atomic mass is 32.2. The number of carbonyl (C=O) groups is 1. The van der Waals surface area contributed by atoms with Gasteiger partial charge in [0.2, 0.25) is 0 Å². The number of benzene rings is 1. The smallest absolute Gasteiger partial charge is 0.290 e. The second-order valence-corrected chi connectivity index (χ2v) is 6.83. The lowest BCUT2D eigenvalue weighted by atomic mass is 10.2. The lowest BCUT2D eigenvalue weighted by molar-refractivity contribution is -0.122. The zero-order valence-corrected chi connectivity index (χ0v) is 15.2. The lowest BCUT2D eigenvalue weighted by Gasteiger charge is -2.24. The number of hydrogen-bond acceptors (Lipinski definition) is 4. The first kappa shape index (κ1) is 20.0. The minimum absolute atomic E-state index is 0.250. The van der Waals surface area contributed by atoms with Crippen LogP contribution in [0.4, 0.5) is 0 Å². The number of rotatable bonds is 6. The van der Waals surface area contributed by atoms with Gasteiger partial charge in [-0.2, -0.15) is 0 Å². The fourth-order valence-corrected chi connectivity index (χ4v) is 3.32. The molecule has 1 aliphatic rings. The van der Waals surface area contributed by atoms with Gasteiger partial charge in [-0.05, 0) is 56.9 Å². The van der Waals surface area contributed by atoms with Crippen molar-refractivity contribution in [3.05, 3.63) is 29.8 Å². The van der Waals surface area contributed by atoms with Crippen LogP contribution < -0.4 is 0 Å². The third kappa shape index (κ3) is 8.98. The van der Waals surface area contributed by atoms with Gasteiger partial charge in [0.05, 0.1) is 0 Å². The van der Waals surface area contributed by atoms with Gasteiger partial charge in [0.15, 0.2) is 0 Å². The van der Waals surface area contributed by atoms with Crippen LogP contribution in [0.3, 0.4) is 0 Å². The highest BCUT2D eigenvalue weighted by molar-refractivity contribution is 7.98. The number of likely N-dealkylation sites (N-methyl/N-ethyl adjacent to an activating group) is 1. The molecule has 0 aromatic heterocycles. The molecule has 1 aromatic rings. The van der Waals surface area contributed by atoms with Gasteiger partial charge >= 0.3 is 0 Å². The van der Waals surface area contributed by atoms with Gasteiger partial charge in [-0.25, -0.2) is 0 Å². The summed E-state index contributed by atoms with van der Waals surface area (Å²) in [5, 5.41) is 6.89. The molecule has 130 valence electrons. The van der Waals surface area contributed by atoms with E-state index in [-0.39, 0.29) is 6.47 Å². The molecule has 0 atom stereocenters. The molecular weight excluding hydrogens is 308 g/mol. The summed E-state index contributed by atoms with van der Waals surface area (Å²) in [6.07, 6.45) is 7.77. The maximum atomic E-state index is 8.36. The van der Waals surface area contributed by atoms with Crippen molar-refractivity contribution in [2.45, 2.75) is 37.1 Å². The Hall–Kier alpha value is -1.04. The van der Waals surface area contributed by atoms with E-state index in [0.29, 0.717) is 0 Å². The molecule has 1 N–H and O–H groups in total. The van der Waals surface area contributed by atoms with E-state index in [0.717, 1.165) is 6.54 Å². The monoisotopic (exact) mass is 338 g/mol.